The Labute approximate surface area is 95.4 Å². The lowest BCUT2D eigenvalue weighted by Crippen LogP contribution is -2.22. The third-order valence-corrected chi connectivity index (χ3v) is 2.61. The number of H-pyrrole nitrogens is 1. The molecule has 2 nitrogen and oxygen atoms in total. The number of para-hydroxylation sites is 1. The average molecular weight is 241 g/mol. The topological polar surface area (TPSA) is 32.9 Å². The number of hydrogen-bond donors (Lipinski definition) is 1. The molecule has 1 aromatic heterocycles. The lowest BCUT2D eigenvalue weighted by Gasteiger charge is -2.04. The Bertz CT molecular complexity index is 542. The van der Waals surface area contributed by atoms with Crippen LogP contribution in [-0.4, -0.2) is 16.9 Å². The molecule has 0 unspecified atom stereocenters. The Kier molecular flexibility index (Phi) is 2.92. The summed E-state index contributed by atoms with van der Waals surface area (Å²) in [5.74, 6) is -1.68. The number of benzene rings is 1. The third kappa shape index (κ3) is 2.49. The standard InChI is InChI=1S/C12H10F3NO/c13-12(14,15)11(17)6-5-8-7-16-10-4-2-1-3-9(8)10/h1-4,7,16H,5-6H2. The van der Waals surface area contributed by atoms with Crippen LogP contribution in [0.2, 0.25) is 0 Å². The molecule has 0 aliphatic rings. The van der Waals surface area contributed by atoms with E-state index in [1.165, 1.54) is 0 Å². The molecule has 2 aromatic rings. The minimum atomic E-state index is -4.73. The van der Waals surface area contributed by atoms with Gasteiger partial charge in [0, 0.05) is 23.5 Å². The molecule has 1 N–H and O–H groups in total. The molecule has 5 heteroatoms. The second-order valence-corrected chi connectivity index (χ2v) is 3.78. The van der Waals surface area contributed by atoms with Crippen LogP contribution >= 0.6 is 0 Å². The first-order valence-electron chi connectivity index (χ1n) is 5.13. The number of aromatic nitrogens is 1. The van der Waals surface area contributed by atoms with Gasteiger partial charge in [0.25, 0.3) is 0 Å². The van der Waals surface area contributed by atoms with Gasteiger partial charge in [-0.1, -0.05) is 18.2 Å². The summed E-state index contributed by atoms with van der Waals surface area (Å²) in [5, 5.41) is 0.863. The summed E-state index contributed by atoms with van der Waals surface area (Å²) >= 11 is 0. The SMILES string of the molecule is O=C(CCc1c[nH]c2ccccc12)C(F)(F)F. The van der Waals surface area contributed by atoms with Gasteiger partial charge in [-0.25, -0.2) is 0 Å². The second-order valence-electron chi connectivity index (χ2n) is 3.78. The van der Waals surface area contributed by atoms with Crippen molar-refractivity contribution in [3.63, 3.8) is 0 Å². The van der Waals surface area contributed by atoms with Crippen LogP contribution in [0.4, 0.5) is 13.2 Å². The number of halogens is 3. The van der Waals surface area contributed by atoms with Crippen molar-refractivity contribution in [3.8, 4) is 0 Å². The summed E-state index contributed by atoms with van der Waals surface area (Å²) in [7, 11) is 0. The van der Waals surface area contributed by atoms with Crippen molar-refractivity contribution < 1.29 is 18.0 Å². The Hall–Kier alpha value is -1.78. The van der Waals surface area contributed by atoms with Crippen LogP contribution in [-0.2, 0) is 11.2 Å². The zero-order valence-electron chi connectivity index (χ0n) is 8.84. The van der Waals surface area contributed by atoms with Crippen LogP contribution in [0.1, 0.15) is 12.0 Å². The average Bonchev–Trinajstić information content (AvgIpc) is 2.68. The number of alkyl halides is 3. The lowest BCUT2D eigenvalue weighted by atomic mass is 10.1. The molecule has 0 atom stereocenters. The molecule has 0 aliphatic carbocycles. The zero-order chi connectivity index (χ0) is 12.5. The quantitative estimate of drug-likeness (QED) is 0.879. The van der Waals surface area contributed by atoms with Crippen molar-refractivity contribution in [2.75, 3.05) is 0 Å². The summed E-state index contributed by atoms with van der Waals surface area (Å²) in [6, 6.07) is 7.30. The van der Waals surface area contributed by atoms with Crippen LogP contribution < -0.4 is 0 Å². The summed E-state index contributed by atoms with van der Waals surface area (Å²) < 4.78 is 36.1. The normalized spacial score (nSPS) is 11.9. The summed E-state index contributed by atoms with van der Waals surface area (Å²) in [6.45, 7) is 0. The molecule has 2 rings (SSSR count). The number of carbonyl (C=O) groups is 1. The molecule has 0 saturated heterocycles. The molecule has 0 fully saturated rings. The molecule has 0 saturated carbocycles. The number of Topliss-reactive ketones (excluding diaryl/α,β-unsaturated/α-hetero) is 1. The molecule has 0 amide bonds. The first kappa shape index (κ1) is 11.7. The largest absolute Gasteiger partial charge is 0.449 e. The number of fused-ring (bicyclic) bond motifs is 1. The van der Waals surface area contributed by atoms with E-state index in [9.17, 15) is 18.0 Å². The van der Waals surface area contributed by atoms with E-state index in [1.807, 2.05) is 24.3 Å². The summed E-state index contributed by atoms with van der Waals surface area (Å²) in [4.78, 5) is 13.7. The van der Waals surface area contributed by atoms with Gasteiger partial charge in [0.05, 0.1) is 0 Å². The fraction of sp³-hybridized carbons (Fsp3) is 0.250. The maximum absolute atomic E-state index is 12.0. The Morgan fingerprint density at radius 2 is 1.94 bits per heavy atom. The summed E-state index contributed by atoms with van der Waals surface area (Å²) in [6.07, 6.45) is -3.49. The molecule has 0 spiro atoms. The van der Waals surface area contributed by atoms with Crippen molar-refractivity contribution in [1.82, 2.24) is 4.98 Å². The van der Waals surface area contributed by atoms with Gasteiger partial charge in [-0.3, -0.25) is 4.79 Å². The van der Waals surface area contributed by atoms with E-state index in [0.29, 0.717) is 0 Å². The molecule has 0 aliphatic heterocycles. The molecule has 90 valence electrons. The highest BCUT2D eigenvalue weighted by atomic mass is 19.4. The highest BCUT2D eigenvalue weighted by Crippen LogP contribution is 2.22. The zero-order valence-corrected chi connectivity index (χ0v) is 8.84. The molecule has 17 heavy (non-hydrogen) atoms. The number of aryl methyl sites for hydroxylation is 1. The van der Waals surface area contributed by atoms with Gasteiger partial charge in [0.2, 0.25) is 5.78 Å². The van der Waals surface area contributed by atoms with Crippen LogP contribution in [0, 0.1) is 0 Å². The van der Waals surface area contributed by atoms with Crippen molar-refractivity contribution in [3.05, 3.63) is 36.0 Å². The van der Waals surface area contributed by atoms with E-state index < -0.39 is 18.4 Å². The molecule has 0 radical (unpaired) electrons. The fourth-order valence-corrected chi connectivity index (χ4v) is 1.73. The van der Waals surface area contributed by atoms with E-state index in [1.54, 1.807) is 6.20 Å². The van der Waals surface area contributed by atoms with Gasteiger partial charge >= 0.3 is 6.18 Å². The van der Waals surface area contributed by atoms with Crippen LogP contribution in [0.3, 0.4) is 0 Å². The molecular weight excluding hydrogens is 231 g/mol. The first-order chi connectivity index (χ1) is 7.98. The fourth-order valence-electron chi connectivity index (χ4n) is 1.73. The van der Waals surface area contributed by atoms with Crippen LogP contribution in [0.5, 0.6) is 0 Å². The van der Waals surface area contributed by atoms with Gasteiger partial charge in [0.1, 0.15) is 0 Å². The number of carbonyl (C=O) groups excluding carboxylic acids is 1. The van der Waals surface area contributed by atoms with Crippen LogP contribution in [0.25, 0.3) is 10.9 Å². The minimum absolute atomic E-state index is 0.0996. The highest BCUT2D eigenvalue weighted by molar-refractivity contribution is 5.86. The van der Waals surface area contributed by atoms with Gasteiger partial charge < -0.3 is 4.98 Å². The van der Waals surface area contributed by atoms with Crippen molar-refractivity contribution in [2.45, 2.75) is 19.0 Å². The smallest absolute Gasteiger partial charge is 0.361 e. The molecular formula is C12H10F3NO. The monoisotopic (exact) mass is 241 g/mol. The van der Waals surface area contributed by atoms with Crippen molar-refractivity contribution in [1.29, 1.82) is 0 Å². The maximum Gasteiger partial charge on any atom is 0.449 e. The lowest BCUT2D eigenvalue weighted by molar-refractivity contribution is -0.170. The van der Waals surface area contributed by atoms with Gasteiger partial charge in [-0.2, -0.15) is 13.2 Å². The molecule has 1 aromatic carbocycles. The number of aromatic amines is 1. The first-order valence-corrected chi connectivity index (χ1v) is 5.13. The van der Waals surface area contributed by atoms with E-state index in [-0.39, 0.29) is 6.42 Å². The second kappa shape index (κ2) is 4.24. The molecule has 1 heterocycles. The van der Waals surface area contributed by atoms with E-state index in [0.717, 1.165) is 16.5 Å². The number of ketones is 1. The van der Waals surface area contributed by atoms with Crippen molar-refractivity contribution >= 4 is 16.7 Å². The maximum atomic E-state index is 12.0. The van der Waals surface area contributed by atoms with Gasteiger partial charge in [0.15, 0.2) is 0 Å². The Morgan fingerprint density at radius 1 is 1.24 bits per heavy atom. The predicted octanol–water partition coefficient (Wildman–Crippen LogP) is 3.23. The Balaban J connectivity index is 2.12. The summed E-state index contributed by atoms with van der Waals surface area (Å²) in [5.41, 5.74) is 1.60. The number of rotatable bonds is 3. The third-order valence-electron chi connectivity index (χ3n) is 2.61. The van der Waals surface area contributed by atoms with E-state index in [2.05, 4.69) is 4.98 Å². The highest BCUT2D eigenvalue weighted by Gasteiger charge is 2.37. The minimum Gasteiger partial charge on any atom is -0.361 e. The van der Waals surface area contributed by atoms with E-state index >= 15 is 0 Å². The Morgan fingerprint density at radius 3 is 2.65 bits per heavy atom. The van der Waals surface area contributed by atoms with Crippen LogP contribution in [0.15, 0.2) is 30.5 Å². The molecule has 0 bridgehead atoms. The number of nitrogens with one attached hydrogen (secondary N) is 1. The van der Waals surface area contributed by atoms with Gasteiger partial charge in [-0.05, 0) is 18.1 Å². The van der Waals surface area contributed by atoms with E-state index in [4.69, 9.17) is 0 Å². The number of hydrogen-bond acceptors (Lipinski definition) is 1. The van der Waals surface area contributed by atoms with Crippen molar-refractivity contribution in [2.24, 2.45) is 0 Å². The predicted molar refractivity (Wildman–Crippen MR) is 57.7 cm³/mol. The van der Waals surface area contributed by atoms with Gasteiger partial charge in [-0.15, -0.1) is 0 Å².